The molecule has 1 heterocycles. The third kappa shape index (κ3) is 2.71. The molecule has 18 heavy (non-hydrogen) atoms. The number of aromatic amines is 1. The lowest BCUT2D eigenvalue weighted by atomic mass is 10.1. The zero-order valence-corrected chi connectivity index (χ0v) is 10.8. The van der Waals surface area contributed by atoms with Gasteiger partial charge < -0.3 is 14.6 Å². The van der Waals surface area contributed by atoms with Gasteiger partial charge >= 0.3 is 0 Å². The van der Waals surface area contributed by atoms with Gasteiger partial charge in [0.1, 0.15) is 0 Å². The second-order valence-electron chi connectivity index (χ2n) is 4.20. The molecule has 0 fully saturated rings. The summed E-state index contributed by atoms with van der Waals surface area (Å²) in [5.74, 6) is 0.0196. The average Bonchev–Trinajstić information content (AvgIpc) is 2.85. The highest BCUT2D eigenvalue weighted by Gasteiger charge is 2.11. The van der Waals surface area contributed by atoms with Crippen molar-refractivity contribution < 1.29 is 9.53 Å². The second kappa shape index (κ2) is 5.69. The lowest BCUT2D eigenvalue weighted by molar-refractivity contribution is 0.0710. The Morgan fingerprint density at radius 3 is 3.00 bits per heavy atom. The lowest BCUT2D eigenvalue weighted by Crippen LogP contribution is -2.30. The highest BCUT2D eigenvalue weighted by Crippen LogP contribution is 2.15. The Hall–Kier alpha value is -1.81. The monoisotopic (exact) mass is 246 g/mol. The molecule has 2 rings (SSSR count). The maximum atomic E-state index is 12.2. The van der Waals surface area contributed by atoms with Gasteiger partial charge in [-0.15, -0.1) is 0 Å². The van der Waals surface area contributed by atoms with E-state index in [0.717, 1.165) is 10.9 Å². The van der Waals surface area contributed by atoms with Crippen LogP contribution in [0.5, 0.6) is 0 Å². The second-order valence-corrected chi connectivity index (χ2v) is 4.20. The van der Waals surface area contributed by atoms with Gasteiger partial charge in [0, 0.05) is 37.5 Å². The molecule has 1 aromatic heterocycles. The van der Waals surface area contributed by atoms with Crippen LogP contribution in [-0.4, -0.2) is 42.6 Å². The molecule has 1 amide bonds. The smallest absolute Gasteiger partial charge is 0.253 e. The Labute approximate surface area is 107 Å². The van der Waals surface area contributed by atoms with E-state index in [0.29, 0.717) is 25.3 Å². The fraction of sp³-hybridized carbons (Fsp3) is 0.357. The van der Waals surface area contributed by atoms with Crippen LogP contribution < -0.4 is 0 Å². The van der Waals surface area contributed by atoms with Crippen molar-refractivity contribution in [1.29, 1.82) is 0 Å². The summed E-state index contributed by atoms with van der Waals surface area (Å²) in [7, 11) is 1.79. The van der Waals surface area contributed by atoms with Crippen LogP contribution in [0.3, 0.4) is 0 Å². The van der Waals surface area contributed by atoms with Crippen LogP contribution in [-0.2, 0) is 4.74 Å². The molecular formula is C14H18N2O2. The van der Waals surface area contributed by atoms with Gasteiger partial charge in [-0.1, -0.05) is 6.07 Å². The van der Waals surface area contributed by atoms with E-state index in [-0.39, 0.29) is 5.91 Å². The third-order valence-corrected chi connectivity index (χ3v) is 2.92. The van der Waals surface area contributed by atoms with Gasteiger partial charge in [-0.3, -0.25) is 4.79 Å². The van der Waals surface area contributed by atoms with E-state index in [1.807, 2.05) is 37.4 Å². The number of amides is 1. The van der Waals surface area contributed by atoms with Gasteiger partial charge in [0.2, 0.25) is 0 Å². The van der Waals surface area contributed by atoms with Crippen molar-refractivity contribution in [3.05, 3.63) is 36.0 Å². The van der Waals surface area contributed by atoms with Crippen LogP contribution in [0.1, 0.15) is 17.3 Å². The van der Waals surface area contributed by atoms with E-state index in [9.17, 15) is 4.79 Å². The Morgan fingerprint density at radius 1 is 1.39 bits per heavy atom. The van der Waals surface area contributed by atoms with E-state index in [4.69, 9.17) is 4.74 Å². The SMILES string of the molecule is CCOCCN(C)C(=O)c1ccc2cc[nH]c2c1. The van der Waals surface area contributed by atoms with Gasteiger partial charge in [0.15, 0.2) is 0 Å². The zero-order chi connectivity index (χ0) is 13.0. The van der Waals surface area contributed by atoms with Crippen molar-refractivity contribution in [2.24, 2.45) is 0 Å². The molecule has 0 saturated carbocycles. The van der Waals surface area contributed by atoms with Gasteiger partial charge in [-0.2, -0.15) is 0 Å². The first-order valence-corrected chi connectivity index (χ1v) is 6.12. The molecule has 0 spiro atoms. The van der Waals surface area contributed by atoms with Gasteiger partial charge in [0.25, 0.3) is 5.91 Å². The molecule has 4 heteroatoms. The number of rotatable bonds is 5. The minimum atomic E-state index is 0.0196. The molecule has 0 radical (unpaired) electrons. The van der Waals surface area contributed by atoms with E-state index < -0.39 is 0 Å². The Bertz CT molecular complexity index is 533. The molecule has 0 atom stereocenters. The third-order valence-electron chi connectivity index (χ3n) is 2.92. The molecule has 1 aromatic carbocycles. The summed E-state index contributed by atoms with van der Waals surface area (Å²) in [5, 5.41) is 1.11. The first-order chi connectivity index (χ1) is 8.72. The summed E-state index contributed by atoms with van der Waals surface area (Å²) in [5.41, 5.74) is 1.68. The highest BCUT2D eigenvalue weighted by molar-refractivity contribution is 5.97. The summed E-state index contributed by atoms with van der Waals surface area (Å²) >= 11 is 0. The average molecular weight is 246 g/mol. The number of fused-ring (bicyclic) bond motifs is 1. The lowest BCUT2D eigenvalue weighted by Gasteiger charge is -2.17. The number of hydrogen-bond donors (Lipinski definition) is 1. The minimum Gasteiger partial charge on any atom is -0.380 e. The first-order valence-electron chi connectivity index (χ1n) is 6.12. The quantitative estimate of drug-likeness (QED) is 0.823. The predicted molar refractivity (Wildman–Crippen MR) is 71.8 cm³/mol. The number of nitrogens with one attached hydrogen (secondary N) is 1. The minimum absolute atomic E-state index is 0.0196. The Morgan fingerprint density at radius 2 is 2.22 bits per heavy atom. The molecule has 0 aliphatic carbocycles. The summed E-state index contributed by atoms with van der Waals surface area (Å²) in [6.07, 6.45) is 1.87. The van der Waals surface area contributed by atoms with Gasteiger partial charge in [0.05, 0.1) is 6.61 Å². The maximum absolute atomic E-state index is 12.2. The number of nitrogens with zero attached hydrogens (tertiary/aromatic N) is 1. The van der Waals surface area contributed by atoms with Crippen LogP contribution in [0.25, 0.3) is 10.9 Å². The van der Waals surface area contributed by atoms with Crippen LogP contribution in [0, 0.1) is 0 Å². The number of hydrogen-bond acceptors (Lipinski definition) is 2. The van der Waals surface area contributed by atoms with Gasteiger partial charge in [-0.25, -0.2) is 0 Å². The Kier molecular flexibility index (Phi) is 3.99. The predicted octanol–water partition coefficient (Wildman–Crippen LogP) is 2.28. The van der Waals surface area contributed by atoms with E-state index >= 15 is 0 Å². The molecule has 0 aliphatic heterocycles. The summed E-state index contributed by atoms with van der Waals surface area (Å²) in [4.78, 5) is 17.0. The molecule has 0 unspecified atom stereocenters. The molecule has 96 valence electrons. The van der Waals surface area contributed by atoms with Crippen molar-refractivity contribution in [3.63, 3.8) is 0 Å². The van der Waals surface area contributed by atoms with Crippen molar-refractivity contribution >= 4 is 16.8 Å². The number of carbonyl (C=O) groups is 1. The number of likely N-dealkylation sites (N-methyl/N-ethyl adjacent to an activating group) is 1. The molecular weight excluding hydrogens is 228 g/mol. The van der Waals surface area contributed by atoms with E-state index in [1.54, 1.807) is 11.9 Å². The fourth-order valence-corrected chi connectivity index (χ4v) is 1.85. The normalized spacial score (nSPS) is 10.8. The van der Waals surface area contributed by atoms with Crippen molar-refractivity contribution in [2.75, 3.05) is 26.8 Å². The van der Waals surface area contributed by atoms with Crippen molar-refractivity contribution in [1.82, 2.24) is 9.88 Å². The number of aromatic nitrogens is 1. The number of H-pyrrole nitrogens is 1. The topological polar surface area (TPSA) is 45.3 Å². The van der Waals surface area contributed by atoms with Crippen molar-refractivity contribution in [2.45, 2.75) is 6.92 Å². The number of benzene rings is 1. The summed E-state index contributed by atoms with van der Waals surface area (Å²) in [6.45, 7) is 3.80. The molecule has 0 bridgehead atoms. The molecule has 0 aliphatic rings. The number of carbonyl (C=O) groups excluding carboxylic acids is 1. The maximum Gasteiger partial charge on any atom is 0.253 e. The van der Waals surface area contributed by atoms with Crippen LogP contribution in [0.4, 0.5) is 0 Å². The zero-order valence-electron chi connectivity index (χ0n) is 10.8. The van der Waals surface area contributed by atoms with Crippen molar-refractivity contribution in [3.8, 4) is 0 Å². The van der Waals surface area contributed by atoms with E-state index in [2.05, 4.69) is 4.98 Å². The summed E-state index contributed by atoms with van der Waals surface area (Å²) in [6, 6.07) is 7.68. The fourth-order valence-electron chi connectivity index (χ4n) is 1.85. The standard InChI is InChI=1S/C14H18N2O2/c1-3-18-9-8-16(2)14(17)12-5-4-11-6-7-15-13(11)10-12/h4-7,10,15H,3,8-9H2,1-2H3. The molecule has 2 aromatic rings. The van der Waals surface area contributed by atoms with Crippen LogP contribution >= 0.6 is 0 Å². The molecule has 4 nitrogen and oxygen atoms in total. The summed E-state index contributed by atoms with van der Waals surface area (Å²) < 4.78 is 5.25. The van der Waals surface area contributed by atoms with Gasteiger partial charge in [-0.05, 0) is 30.5 Å². The first kappa shape index (κ1) is 12.6. The largest absolute Gasteiger partial charge is 0.380 e. The van der Waals surface area contributed by atoms with E-state index in [1.165, 1.54) is 0 Å². The molecule has 1 N–H and O–H groups in total. The Balaban J connectivity index is 2.07. The van der Waals surface area contributed by atoms with Crippen LogP contribution in [0.15, 0.2) is 30.5 Å². The van der Waals surface area contributed by atoms with Crippen LogP contribution in [0.2, 0.25) is 0 Å². The highest BCUT2D eigenvalue weighted by atomic mass is 16.5. The number of ether oxygens (including phenoxy) is 1. The molecule has 0 saturated heterocycles.